The standard InChI is InChI=1S/C24H34FN5O4S/c1-17-7-8-18(19(25)15-17)16-34-21-20(23(31)32)22(35-28-21)27-24(33)26-9-5-3-4-6-10-30-13-11-29(2)12-14-30/h7-8,15H,3-6,9-14,16H2,1-2H3,(H,31,32)(H2,26,27,33). The van der Waals surface area contributed by atoms with Crippen LogP contribution in [0.3, 0.4) is 0 Å². The largest absolute Gasteiger partial charge is 0.477 e. The SMILES string of the molecule is Cc1ccc(COc2nsc(NC(=O)NCCCCCCN3CCN(C)CC3)c2C(=O)O)c(F)c1. The van der Waals surface area contributed by atoms with Gasteiger partial charge in [0.15, 0.2) is 5.56 Å². The molecule has 1 fully saturated rings. The Kier molecular flexibility index (Phi) is 10.2. The average Bonchev–Trinajstić information content (AvgIpc) is 3.21. The number of ether oxygens (including phenoxy) is 1. The van der Waals surface area contributed by atoms with E-state index in [1.807, 2.05) is 0 Å². The van der Waals surface area contributed by atoms with Crippen LogP contribution in [0.15, 0.2) is 18.2 Å². The molecule has 3 N–H and O–H groups in total. The summed E-state index contributed by atoms with van der Waals surface area (Å²) < 4.78 is 23.5. The van der Waals surface area contributed by atoms with Crippen LogP contribution in [0, 0.1) is 12.7 Å². The number of carbonyl (C=O) groups is 2. The minimum atomic E-state index is -1.28. The lowest BCUT2D eigenvalue weighted by molar-refractivity contribution is 0.0693. The van der Waals surface area contributed by atoms with E-state index in [-0.39, 0.29) is 28.6 Å². The van der Waals surface area contributed by atoms with Crippen LogP contribution in [0.4, 0.5) is 14.2 Å². The summed E-state index contributed by atoms with van der Waals surface area (Å²) in [4.78, 5) is 28.8. The van der Waals surface area contributed by atoms with Crippen molar-refractivity contribution in [3.63, 3.8) is 0 Å². The molecule has 1 aromatic heterocycles. The number of benzene rings is 1. The third-order valence-electron chi connectivity index (χ3n) is 5.96. The smallest absolute Gasteiger partial charge is 0.344 e. The number of aromatic nitrogens is 1. The summed E-state index contributed by atoms with van der Waals surface area (Å²) in [6.45, 7) is 7.73. The predicted octanol–water partition coefficient (Wildman–Crippen LogP) is 3.80. The first-order valence-corrected chi connectivity index (χ1v) is 12.7. The minimum absolute atomic E-state index is 0.0709. The monoisotopic (exact) mass is 507 g/mol. The number of aryl methyl sites for hydroxylation is 1. The van der Waals surface area contributed by atoms with Gasteiger partial charge in [-0.3, -0.25) is 5.32 Å². The second-order valence-corrected chi connectivity index (χ2v) is 9.59. The summed E-state index contributed by atoms with van der Waals surface area (Å²) in [6.07, 6.45) is 4.12. The number of rotatable bonds is 12. The number of nitrogens with zero attached hydrogens (tertiary/aromatic N) is 3. The van der Waals surface area contributed by atoms with Crippen molar-refractivity contribution in [1.82, 2.24) is 19.5 Å². The summed E-state index contributed by atoms with van der Waals surface area (Å²) in [5, 5.41) is 14.9. The molecule has 192 valence electrons. The lowest BCUT2D eigenvalue weighted by Gasteiger charge is -2.32. The normalized spacial score (nSPS) is 14.6. The molecule has 0 spiro atoms. The highest BCUT2D eigenvalue weighted by atomic mass is 32.1. The van der Waals surface area contributed by atoms with E-state index in [2.05, 4.69) is 31.9 Å². The minimum Gasteiger partial charge on any atom is -0.477 e. The van der Waals surface area contributed by atoms with E-state index < -0.39 is 17.8 Å². The Morgan fingerprint density at radius 1 is 1.17 bits per heavy atom. The summed E-state index contributed by atoms with van der Waals surface area (Å²) in [7, 11) is 2.15. The molecule has 2 heterocycles. The molecule has 2 aromatic rings. The lowest BCUT2D eigenvalue weighted by atomic mass is 10.1. The first kappa shape index (κ1) is 26.8. The topological polar surface area (TPSA) is 107 Å². The van der Waals surface area contributed by atoms with Crippen LogP contribution in [0.5, 0.6) is 5.88 Å². The van der Waals surface area contributed by atoms with Crippen LogP contribution in [0.2, 0.25) is 0 Å². The molecule has 1 aromatic carbocycles. The molecule has 0 radical (unpaired) electrons. The van der Waals surface area contributed by atoms with E-state index >= 15 is 0 Å². The predicted molar refractivity (Wildman–Crippen MR) is 134 cm³/mol. The molecule has 1 aliphatic heterocycles. The summed E-state index contributed by atoms with van der Waals surface area (Å²) in [5.41, 5.74) is 0.812. The van der Waals surface area contributed by atoms with Crippen molar-refractivity contribution in [3.8, 4) is 5.88 Å². The van der Waals surface area contributed by atoms with Gasteiger partial charge in [-0.1, -0.05) is 25.0 Å². The second-order valence-electron chi connectivity index (χ2n) is 8.82. The van der Waals surface area contributed by atoms with E-state index in [1.54, 1.807) is 19.1 Å². The van der Waals surface area contributed by atoms with Gasteiger partial charge in [-0.25, -0.2) is 14.0 Å². The fraction of sp³-hybridized carbons (Fsp3) is 0.542. The number of likely N-dealkylation sites (N-methyl/N-ethyl adjacent to an activating group) is 1. The van der Waals surface area contributed by atoms with Crippen molar-refractivity contribution in [1.29, 1.82) is 0 Å². The molecule has 1 aliphatic rings. The van der Waals surface area contributed by atoms with Crippen LogP contribution in [0.25, 0.3) is 0 Å². The van der Waals surface area contributed by atoms with Crippen molar-refractivity contribution in [2.75, 3.05) is 51.6 Å². The van der Waals surface area contributed by atoms with Crippen LogP contribution < -0.4 is 15.4 Å². The quantitative estimate of drug-likeness (QED) is 0.375. The van der Waals surface area contributed by atoms with Gasteiger partial charge in [0.25, 0.3) is 0 Å². The van der Waals surface area contributed by atoms with E-state index in [0.717, 1.165) is 75.5 Å². The number of piperazine rings is 1. The number of carbonyl (C=O) groups excluding carboxylic acids is 1. The molecular weight excluding hydrogens is 473 g/mol. The van der Waals surface area contributed by atoms with Crippen LogP contribution in [-0.2, 0) is 6.61 Å². The highest BCUT2D eigenvalue weighted by molar-refractivity contribution is 7.11. The number of unbranched alkanes of at least 4 members (excludes halogenated alkanes) is 3. The number of hydrogen-bond acceptors (Lipinski definition) is 7. The van der Waals surface area contributed by atoms with E-state index in [9.17, 15) is 19.1 Å². The summed E-state index contributed by atoms with van der Waals surface area (Å²) >= 11 is 0.809. The molecule has 35 heavy (non-hydrogen) atoms. The fourth-order valence-corrected chi connectivity index (χ4v) is 4.52. The summed E-state index contributed by atoms with van der Waals surface area (Å²) in [5.74, 6) is -1.87. The van der Waals surface area contributed by atoms with Gasteiger partial charge in [0.2, 0.25) is 5.88 Å². The molecule has 0 bridgehead atoms. The van der Waals surface area contributed by atoms with Gasteiger partial charge in [-0.05, 0) is 56.5 Å². The third-order valence-corrected chi connectivity index (χ3v) is 6.70. The van der Waals surface area contributed by atoms with Gasteiger partial charge >= 0.3 is 12.0 Å². The first-order chi connectivity index (χ1) is 16.8. The maximum absolute atomic E-state index is 14.0. The number of amides is 2. The third kappa shape index (κ3) is 8.44. The molecule has 11 heteroatoms. The Morgan fingerprint density at radius 3 is 2.63 bits per heavy atom. The van der Waals surface area contributed by atoms with E-state index in [1.165, 1.54) is 6.07 Å². The van der Waals surface area contributed by atoms with Crippen LogP contribution in [-0.4, -0.2) is 77.6 Å². The highest BCUT2D eigenvalue weighted by Crippen LogP contribution is 2.31. The van der Waals surface area contributed by atoms with E-state index in [4.69, 9.17) is 4.74 Å². The van der Waals surface area contributed by atoms with Gasteiger partial charge in [-0.2, -0.15) is 4.37 Å². The van der Waals surface area contributed by atoms with Crippen LogP contribution >= 0.6 is 11.5 Å². The zero-order valence-corrected chi connectivity index (χ0v) is 21.1. The number of carboxylic acid groups (broad SMARTS) is 1. The lowest BCUT2D eigenvalue weighted by Crippen LogP contribution is -2.44. The first-order valence-electron chi connectivity index (χ1n) is 11.9. The number of aromatic carboxylic acids is 1. The Balaban J connectivity index is 1.37. The molecule has 1 saturated heterocycles. The van der Waals surface area contributed by atoms with E-state index in [0.29, 0.717) is 6.54 Å². The molecule has 2 amide bonds. The van der Waals surface area contributed by atoms with Gasteiger partial charge in [-0.15, -0.1) is 0 Å². The summed E-state index contributed by atoms with van der Waals surface area (Å²) in [6, 6.07) is 4.20. The Bertz CT molecular complexity index is 994. The zero-order chi connectivity index (χ0) is 25.2. The van der Waals surface area contributed by atoms with Crippen molar-refractivity contribution in [2.45, 2.75) is 39.2 Å². The molecule has 3 rings (SSSR count). The number of halogens is 1. The van der Waals surface area contributed by atoms with Gasteiger partial charge in [0, 0.05) is 38.3 Å². The molecule has 0 saturated carbocycles. The molecule has 0 atom stereocenters. The van der Waals surface area contributed by atoms with Gasteiger partial charge in [0.05, 0.1) is 0 Å². The Hall–Kier alpha value is -2.76. The Labute approximate surface area is 209 Å². The number of carboxylic acids is 1. The maximum atomic E-state index is 14.0. The second kappa shape index (κ2) is 13.4. The number of urea groups is 1. The highest BCUT2D eigenvalue weighted by Gasteiger charge is 2.23. The van der Waals surface area contributed by atoms with Gasteiger partial charge in [0.1, 0.15) is 17.4 Å². The molecule has 9 nitrogen and oxygen atoms in total. The number of anilines is 1. The number of hydrogen-bond donors (Lipinski definition) is 3. The average molecular weight is 508 g/mol. The molecule has 0 aliphatic carbocycles. The number of nitrogens with one attached hydrogen (secondary N) is 2. The maximum Gasteiger partial charge on any atom is 0.344 e. The van der Waals surface area contributed by atoms with Crippen molar-refractivity contribution in [2.24, 2.45) is 0 Å². The molecular formula is C24H34FN5O4S. The van der Waals surface area contributed by atoms with Crippen molar-refractivity contribution >= 4 is 28.5 Å². The van der Waals surface area contributed by atoms with Crippen LogP contribution in [0.1, 0.15) is 47.2 Å². The van der Waals surface area contributed by atoms with Gasteiger partial charge < -0.3 is 25.0 Å². The fourth-order valence-electron chi connectivity index (χ4n) is 3.80. The van der Waals surface area contributed by atoms with Crippen molar-refractivity contribution < 1.29 is 23.8 Å². The van der Waals surface area contributed by atoms with Crippen molar-refractivity contribution in [3.05, 3.63) is 40.7 Å². The Morgan fingerprint density at radius 2 is 1.91 bits per heavy atom. The molecule has 0 unspecified atom stereocenters. The zero-order valence-electron chi connectivity index (χ0n) is 20.3.